The van der Waals surface area contributed by atoms with Crippen molar-refractivity contribution in [2.75, 3.05) is 0 Å². The minimum atomic E-state index is -0.325. The molecule has 0 radical (unpaired) electrons. The number of hydrogen-bond acceptors (Lipinski definition) is 2. The zero-order valence-electron chi connectivity index (χ0n) is 6.09. The smallest absolute Gasteiger partial charge is 0.356 e. The average Bonchev–Trinajstić information content (AvgIpc) is 2.04. The summed E-state index contributed by atoms with van der Waals surface area (Å²) in [7, 11) is 0.0930. The summed E-state index contributed by atoms with van der Waals surface area (Å²) in [5.41, 5.74) is 0. The number of amides is 2. The maximum absolute atomic E-state index is 10.5. The standard InChI is InChI=1S/C6H9BN2O2/c1-3-5(10)8-7-9-6(11)4-2/h3-4,7H,1-2H2,(H,8,10)(H,9,11). The van der Waals surface area contributed by atoms with Crippen LogP contribution in [-0.2, 0) is 9.59 Å². The zero-order valence-corrected chi connectivity index (χ0v) is 6.09. The monoisotopic (exact) mass is 152 g/mol. The molecule has 0 aliphatic rings. The molecule has 0 unspecified atom stereocenters. The topological polar surface area (TPSA) is 58.2 Å². The minimum absolute atomic E-state index is 0.0930. The van der Waals surface area contributed by atoms with Crippen molar-refractivity contribution in [2.45, 2.75) is 0 Å². The van der Waals surface area contributed by atoms with Gasteiger partial charge in [-0.05, 0) is 12.2 Å². The lowest BCUT2D eigenvalue weighted by Crippen LogP contribution is -2.39. The third kappa shape index (κ3) is 4.96. The lowest BCUT2D eigenvalue weighted by Gasteiger charge is -1.98. The predicted octanol–water partition coefficient (Wildman–Crippen LogP) is -1.14. The maximum atomic E-state index is 10.5. The molecule has 0 aliphatic carbocycles. The Morgan fingerprint density at radius 2 is 1.45 bits per heavy atom. The highest BCUT2D eigenvalue weighted by molar-refractivity contribution is 6.39. The van der Waals surface area contributed by atoms with Crippen LogP contribution in [-0.4, -0.2) is 19.4 Å². The van der Waals surface area contributed by atoms with Crippen LogP contribution in [0.1, 0.15) is 0 Å². The van der Waals surface area contributed by atoms with Gasteiger partial charge in [-0.25, -0.2) is 0 Å². The molecule has 0 spiro atoms. The molecule has 0 aromatic carbocycles. The minimum Gasteiger partial charge on any atom is -0.379 e. The summed E-state index contributed by atoms with van der Waals surface area (Å²) < 4.78 is 0. The van der Waals surface area contributed by atoms with Gasteiger partial charge in [-0.15, -0.1) is 0 Å². The molecule has 0 aromatic rings. The molecule has 0 bridgehead atoms. The van der Waals surface area contributed by atoms with E-state index in [0.29, 0.717) is 0 Å². The van der Waals surface area contributed by atoms with E-state index in [2.05, 4.69) is 23.6 Å². The van der Waals surface area contributed by atoms with Crippen molar-refractivity contribution >= 4 is 19.4 Å². The first-order chi connectivity index (χ1) is 5.20. The molecular formula is C6H9BN2O2. The molecule has 0 saturated carbocycles. The van der Waals surface area contributed by atoms with E-state index in [0.717, 1.165) is 12.2 Å². The largest absolute Gasteiger partial charge is 0.379 e. The van der Waals surface area contributed by atoms with Gasteiger partial charge in [0.25, 0.3) is 0 Å². The highest BCUT2D eigenvalue weighted by Gasteiger charge is 1.96. The van der Waals surface area contributed by atoms with E-state index < -0.39 is 0 Å². The molecule has 0 atom stereocenters. The van der Waals surface area contributed by atoms with Crippen molar-refractivity contribution in [2.24, 2.45) is 0 Å². The Kier molecular flexibility index (Phi) is 4.56. The fraction of sp³-hybridized carbons (Fsp3) is 0. The van der Waals surface area contributed by atoms with E-state index in [9.17, 15) is 9.59 Å². The first kappa shape index (κ1) is 9.48. The molecule has 0 heterocycles. The van der Waals surface area contributed by atoms with Crippen molar-refractivity contribution < 1.29 is 9.59 Å². The molecule has 2 amide bonds. The molecule has 58 valence electrons. The van der Waals surface area contributed by atoms with Gasteiger partial charge < -0.3 is 10.5 Å². The molecule has 0 saturated heterocycles. The first-order valence-corrected chi connectivity index (χ1v) is 3.01. The second kappa shape index (κ2) is 5.28. The maximum Gasteiger partial charge on any atom is 0.356 e. The quantitative estimate of drug-likeness (QED) is 0.395. The number of rotatable bonds is 4. The van der Waals surface area contributed by atoms with Gasteiger partial charge in [-0.3, -0.25) is 9.59 Å². The Morgan fingerprint density at radius 3 is 1.73 bits per heavy atom. The summed E-state index contributed by atoms with van der Waals surface area (Å²) in [4.78, 5) is 21.0. The van der Waals surface area contributed by atoms with E-state index in [1.807, 2.05) is 0 Å². The molecule has 4 nitrogen and oxygen atoms in total. The molecule has 11 heavy (non-hydrogen) atoms. The molecule has 0 aromatic heterocycles. The van der Waals surface area contributed by atoms with Gasteiger partial charge in [0, 0.05) is 0 Å². The van der Waals surface area contributed by atoms with Crippen LogP contribution in [0.3, 0.4) is 0 Å². The molecule has 0 aliphatic heterocycles. The van der Waals surface area contributed by atoms with Crippen LogP contribution in [0.4, 0.5) is 0 Å². The predicted molar refractivity (Wildman–Crippen MR) is 43.8 cm³/mol. The highest BCUT2D eigenvalue weighted by atomic mass is 16.2. The highest BCUT2D eigenvalue weighted by Crippen LogP contribution is 1.64. The van der Waals surface area contributed by atoms with E-state index in [1.165, 1.54) is 0 Å². The summed E-state index contributed by atoms with van der Waals surface area (Å²) in [6.45, 7) is 6.47. The van der Waals surface area contributed by atoms with E-state index in [1.54, 1.807) is 0 Å². The van der Waals surface area contributed by atoms with Crippen molar-refractivity contribution in [3.63, 3.8) is 0 Å². The molecule has 5 heteroatoms. The van der Waals surface area contributed by atoms with Crippen LogP contribution >= 0.6 is 0 Å². The second-order valence-electron chi connectivity index (χ2n) is 1.67. The van der Waals surface area contributed by atoms with Gasteiger partial charge in [0.15, 0.2) is 0 Å². The molecule has 0 rings (SSSR count). The van der Waals surface area contributed by atoms with Crippen molar-refractivity contribution in [1.29, 1.82) is 0 Å². The van der Waals surface area contributed by atoms with Crippen molar-refractivity contribution in [3.8, 4) is 0 Å². The lowest BCUT2D eigenvalue weighted by atomic mass is 10.1. The average molecular weight is 152 g/mol. The first-order valence-electron chi connectivity index (χ1n) is 3.01. The number of carbonyl (C=O) groups is 2. The van der Waals surface area contributed by atoms with Crippen LogP contribution < -0.4 is 10.5 Å². The molecule has 2 N–H and O–H groups in total. The van der Waals surface area contributed by atoms with Crippen LogP contribution in [0.5, 0.6) is 0 Å². The summed E-state index contributed by atoms with van der Waals surface area (Å²) >= 11 is 0. The fourth-order valence-electron chi connectivity index (χ4n) is 0.363. The van der Waals surface area contributed by atoms with Gasteiger partial charge in [0.05, 0.1) is 0 Å². The number of nitrogens with one attached hydrogen (secondary N) is 2. The fourth-order valence-corrected chi connectivity index (χ4v) is 0.363. The lowest BCUT2D eigenvalue weighted by molar-refractivity contribution is -0.115. The number of carbonyl (C=O) groups excluding carboxylic acids is 2. The summed E-state index contributed by atoms with van der Waals surface area (Å²) in [5.74, 6) is -0.649. The second-order valence-corrected chi connectivity index (χ2v) is 1.67. The summed E-state index contributed by atoms with van der Waals surface area (Å²) in [5, 5.41) is 4.72. The van der Waals surface area contributed by atoms with E-state index in [-0.39, 0.29) is 19.4 Å². The van der Waals surface area contributed by atoms with Crippen LogP contribution in [0.2, 0.25) is 0 Å². The van der Waals surface area contributed by atoms with E-state index in [4.69, 9.17) is 0 Å². The normalized spacial score (nSPS) is 7.64. The van der Waals surface area contributed by atoms with Crippen LogP contribution in [0.25, 0.3) is 0 Å². The molecular weight excluding hydrogens is 143 g/mol. The van der Waals surface area contributed by atoms with Crippen molar-refractivity contribution in [3.05, 3.63) is 25.3 Å². The van der Waals surface area contributed by atoms with Gasteiger partial charge in [-0.1, -0.05) is 13.2 Å². The van der Waals surface area contributed by atoms with Gasteiger partial charge in [0.2, 0.25) is 11.8 Å². The number of hydrogen-bond donors (Lipinski definition) is 2. The summed E-state index contributed by atoms with van der Waals surface area (Å²) in [6, 6.07) is 0. The van der Waals surface area contributed by atoms with Crippen LogP contribution in [0, 0.1) is 0 Å². The molecule has 0 fully saturated rings. The summed E-state index contributed by atoms with van der Waals surface area (Å²) in [6.07, 6.45) is 2.25. The van der Waals surface area contributed by atoms with Gasteiger partial charge >= 0.3 is 7.55 Å². The Balaban J connectivity index is 3.41. The third-order valence-electron chi connectivity index (χ3n) is 0.896. The Morgan fingerprint density at radius 1 is 1.09 bits per heavy atom. The van der Waals surface area contributed by atoms with Gasteiger partial charge in [-0.2, -0.15) is 0 Å². The third-order valence-corrected chi connectivity index (χ3v) is 0.896. The Labute approximate surface area is 65.6 Å². The SMILES string of the molecule is C=CC(=O)NBNC(=O)C=C. The van der Waals surface area contributed by atoms with Crippen LogP contribution in [0.15, 0.2) is 25.3 Å². The Hall–Kier alpha value is -1.52. The van der Waals surface area contributed by atoms with Crippen molar-refractivity contribution in [1.82, 2.24) is 10.5 Å². The zero-order chi connectivity index (χ0) is 8.69. The van der Waals surface area contributed by atoms with Gasteiger partial charge in [0.1, 0.15) is 0 Å². The Bertz CT molecular complexity index is 171. The van der Waals surface area contributed by atoms with E-state index >= 15 is 0 Å².